The van der Waals surface area contributed by atoms with E-state index in [-0.39, 0.29) is 23.6 Å². The lowest BCUT2D eigenvalue weighted by Gasteiger charge is -2.36. The number of hydrazine groups is 1. The molecule has 0 aromatic heterocycles. The van der Waals surface area contributed by atoms with Gasteiger partial charge in [0.1, 0.15) is 6.04 Å². The molecule has 0 N–H and O–H groups in total. The Balaban J connectivity index is 1.79. The van der Waals surface area contributed by atoms with Crippen LogP contribution in [0.3, 0.4) is 0 Å². The molecule has 0 bridgehead atoms. The average Bonchev–Trinajstić information content (AvgIpc) is 3.12. The van der Waals surface area contributed by atoms with Crippen molar-refractivity contribution in [2.24, 2.45) is 17.8 Å². The summed E-state index contributed by atoms with van der Waals surface area (Å²) in [6.45, 7) is 3.54. The van der Waals surface area contributed by atoms with Crippen molar-refractivity contribution in [1.82, 2.24) is 10.0 Å². The van der Waals surface area contributed by atoms with E-state index in [1.807, 2.05) is 19.1 Å². The van der Waals surface area contributed by atoms with Crippen LogP contribution in [0, 0.1) is 27.9 Å². The quantitative estimate of drug-likeness (QED) is 0.198. The predicted octanol–water partition coefficient (Wildman–Crippen LogP) is 3.81. The van der Waals surface area contributed by atoms with Crippen molar-refractivity contribution in [2.75, 3.05) is 0 Å². The third-order valence-corrected chi connectivity index (χ3v) is 6.64. The molecule has 3 amide bonds. The van der Waals surface area contributed by atoms with Gasteiger partial charge in [0, 0.05) is 23.3 Å². The standard InChI is InChI=1S/C26H25N3O6/c1-3-21(23(30)17-9-5-4-6-10-17)27(24(31)18-12-14-19(15-13-18)29(34)35)28-25(32)20-11-7-8-16(2)22(20)26(28)33/h4-10,12-16,20-22H,3,11H2,1-2H3/t16-,20-,21-,22+/m1/s1. The largest absolute Gasteiger partial charge is 0.292 e. The molecule has 4 rings (SSSR count). The number of nitrogens with zero attached hydrogens (tertiary/aromatic N) is 3. The number of carbonyl (C=O) groups excluding carboxylic acids is 4. The number of carbonyl (C=O) groups is 4. The molecule has 1 fully saturated rings. The van der Waals surface area contributed by atoms with Crippen LogP contribution in [0.25, 0.3) is 0 Å². The van der Waals surface area contributed by atoms with E-state index < -0.39 is 46.3 Å². The third-order valence-electron chi connectivity index (χ3n) is 6.64. The first kappa shape index (κ1) is 24.0. The molecular weight excluding hydrogens is 450 g/mol. The molecule has 2 aromatic carbocycles. The molecule has 9 nitrogen and oxygen atoms in total. The SMILES string of the molecule is CC[C@H](C(=O)c1ccccc1)N(C(=O)c1ccc([N+](=O)[O-])cc1)N1C(=O)[C@H]2[C@H](C)C=CC[C@H]2C1=O. The number of fused-ring (bicyclic) bond motifs is 1. The minimum absolute atomic E-state index is 0.0246. The van der Waals surface area contributed by atoms with Crippen molar-refractivity contribution in [3.63, 3.8) is 0 Å². The fraction of sp³-hybridized carbons (Fsp3) is 0.308. The van der Waals surface area contributed by atoms with Gasteiger partial charge in [-0.1, -0.05) is 56.3 Å². The van der Waals surface area contributed by atoms with Crippen LogP contribution in [0.2, 0.25) is 0 Å². The molecule has 1 aliphatic carbocycles. The van der Waals surface area contributed by atoms with Crippen molar-refractivity contribution in [3.8, 4) is 0 Å². The molecule has 9 heteroatoms. The molecule has 2 aromatic rings. The summed E-state index contributed by atoms with van der Waals surface area (Å²) in [5, 5.41) is 12.9. The van der Waals surface area contributed by atoms with Crippen LogP contribution in [0.1, 0.15) is 47.4 Å². The lowest BCUT2D eigenvalue weighted by Crippen LogP contribution is -2.57. The number of rotatable bonds is 7. The van der Waals surface area contributed by atoms with E-state index in [0.717, 1.165) is 10.0 Å². The van der Waals surface area contributed by atoms with E-state index in [9.17, 15) is 29.3 Å². The van der Waals surface area contributed by atoms with Crippen LogP contribution in [0.4, 0.5) is 5.69 Å². The van der Waals surface area contributed by atoms with E-state index in [4.69, 9.17) is 0 Å². The number of ketones is 1. The zero-order chi connectivity index (χ0) is 25.3. The van der Waals surface area contributed by atoms with Crippen molar-refractivity contribution in [1.29, 1.82) is 0 Å². The van der Waals surface area contributed by atoms with E-state index in [2.05, 4.69) is 0 Å². The maximum Gasteiger partial charge on any atom is 0.273 e. The number of amides is 3. The number of nitro groups is 1. The number of imide groups is 1. The van der Waals surface area contributed by atoms with Gasteiger partial charge in [0.2, 0.25) is 0 Å². The van der Waals surface area contributed by atoms with Gasteiger partial charge in [0.05, 0.1) is 16.8 Å². The molecule has 0 saturated carbocycles. The third kappa shape index (κ3) is 4.25. The number of benzene rings is 2. The van der Waals surface area contributed by atoms with Gasteiger partial charge in [-0.25, -0.2) is 5.01 Å². The Hall–Kier alpha value is -4.14. The summed E-state index contributed by atoms with van der Waals surface area (Å²) in [5.74, 6) is -3.64. The van der Waals surface area contributed by atoms with Crippen LogP contribution >= 0.6 is 0 Å². The van der Waals surface area contributed by atoms with Gasteiger partial charge in [-0.15, -0.1) is 0 Å². The van der Waals surface area contributed by atoms with Crippen LogP contribution in [0.15, 0.2) is 66.7 Å². The minimum Gasteiger partial charge on any atom is -0.292 e. The molecular formula is C26H25N3O6. The molecule has 4 atom stereocenters. The minimum atomic E-state index is -1.13. The number of hydrogen-bond donors (Lipinski definition) is 0. The number of Topliss-reactive ketones (excluding diaryl/α,β-unsaturated/α-hetero) is 1. The number of hydrogen-bond acceptors (Lipinski definition) is 6. The molecule has 0 radical (unpaired) electrons. The molecule has 0 unspecified atom stereocenters. The van der Waals surface area contributed by atoms with Gasteiger partial charge in [-0.2, -0.15) is 5.01 Å². The van der Waals surface area contributed by atoms with Crippen LogP contribution < -0.4 is 0 Å². The topological polar surface area (TPSA) is 118 Å². The maximum atomic E-state index is 13.8. The molecule has 1 saturated heterocycles. The Bertz CT molecular complexity index is 1210. The molecule has 1 aliphatic heterocycles. The van der Waals surface area contributed by atoms with Crippen LogP contribution in [-0.4, -0.2) is 44.5 Å². The predicted molar refractivity (Wildman–Crippen MR) is 126 cm³/mol. The van der Waals surface area contributed by atoms with E-state index in [0.29, 0.717) is 12.0 Å². The fourth-order valence-electron chi connectivity index (χ4n) is 4.84. The monoisotopic (exact) mass is 475 g/mol. The van der Waals surface area contributed by atoms with Gasteiger partial charge >= 0.3 is 0 Å². The second kappa shape index (κ2) is 9.61. The van der Waals surface area contributed by atoms with Crippen LogP contribution in [0.5, 0.6) is 0 Å². The molecule has 180 valence electrons. The van der Waals surface area contributed by atoms with Crippen LogP contribution in [-0.2, 0) is 9.59 Å². The van der Waals surface area contributed by atoms with E-state index >= 15 is 0 Å². The first-order valence-electron chi connectivity index (χ1n) is 11.5. The van der Waals surface area contributed by atoms with Gasteiger partial charge in [0.25, 0.3) is 23.4 Å². The fourth-order valence-corrected chi connectivity index (χ4v) is 4.84. The van der Waals surface area contributed by atoms with Crippen molar-refractivity contribution >= 4 is 29.2 Å². The molecule has 35 heavy (non-hydrogen) atoms. The zero-order valence-corrected chi connectivity index (χ0v) is 19.4. The normalized spacial score (nSPS) is 22.0. The van der Waals surface area contributed by atoms with E-state index in [1.165, 1.54) is 24.3 Å². The van der Waals surface area contributed by atoms with Gasteiger partial charge in [-0.3, -0.25) is 29.3 Å². The highest BCUT2D eigenvalue weighted by Crippen LogP contribution is 2.40. The van der Waals surface area contributed by atoms with Gasteiger partial charge < -0.3 is 0 Å². The molecule has 2 aliphatic rings. The highest BCUT2D eigenvalue weighted by Gasteiger charge is 2.54. The lowest BCUT2D eigenvalue weighted by atomic mass is 9.78. The Labute approximate surface area is 202 Å². The smallest absolute Gasteiger partial charge is 0.273 e. The Kier molecular flexibility index (Phi) is 6.59. The summed E-state index contributed by atoms with van der Waals surface area (Å²) in [7, 11) is 0. The average molecular weight is 476 g/mol. The summed E-state index contributed by atoms with van der Waals surface area (Å²) in [6, 6.07) is 12.1. The first-order valence-corrected chi connectivity index (χ1v) is 11.5. The zero-order valence-electron chi connectivity index (χ0n) is 19.4. The molecule has 0 spiro atoms. The van der Waals surface area contributed by atoms with Crippen molar-refractivity contribution in [2.45, 2.75) is 32.7 Å². The highest BCUT2D eigenvalue weighted by molar-refractivity contribution is 6.10. The number of allylic oxidation sites excluding steroid dienone is 2. The summed E-state index contributed by atoms with van der Waals surface area (Å²) < 4.78 is 0. The van der Waals surface area contributed by atoms with Crippen molar-refractivity contribution in [3.05, 3.63) is 88.0 Å². The van der Waals surface area contributed by atoms with E-state index in [1.54, 1.807) is 37.3 Å². The number of nitro benzene ring substituents is 1. The summed E-state index contributed by atoms with van der Waals surface area (Å²) in [5.41, 5.74) is 0.156. The molecule has 1 heterocycles. The second-order valence-corrected chi connectivity index (χ2v) is 8.75. The van der Waals surface area contributed by atoms with Gasteiger partial charge in [0.15, 0.2) is 5.78 Å². The van der Waals surface area contributed by atoms with Crippen molar-refractivity contribution < 1.29 is 24.1 Å². The first-order chi connectivity index (χ1) is 16.8. The summed E-state index contributed by atoms with van der Waals surface area (Å²) in [6.07, 6.45) is 4.26. The maximum absolute atomic E-state index is 13.8. The number of non-ortho nitro benzene ring substituents is 1. The Morgan fingerprint density at radius 1 is 1.06 bits per heavy atom. The summed E-state index contributed by atoms with van der Waals surface area (Å²) >= 11 is 0. The van der Waals surface area contributed by atoms with Gasteiger partial charge in [-0.05, 0) is 30.9 Å². The summed E-state index contributed by atoms with van der Waals surface area (Å²) in [4.78, 5) is 64.7. The second-order valence-electron chi connectivity index (χ2n) is 8.75. The Morgan fingerprint density at radius 2 is 1.71 bits per heavy atom. The Morgan fingerprint density at radius 3 is 2.29 bits per heavy atom. The highest BCUT2D eigenvalue weighted by atomic mass is 16.6. The lowest BCUT2D eigenvalue weighted by molar-refractivity contribution is -0.384.